The van der Waals surface area contributed by atoms with Gasteiger partial charge in [0.15, 0.2) is 5.88 Å². The van der Waals surface area contributed by atoms with Gasteiger partial charge in [0.05, 0.1) is 12.8 Å². The third-order valence-corrected chi connectivity index (χ3v) is 3.05. The van der Waals surface area contributed by atoms with Crippen LogP contribution in [0.1, 0.15) is 0 Å². The van der Waals surface area contributed by atoms with Gasteiger partial charge < -0.3 is 9.47 Å². The van der Waals surface area contributed by atoms with Crippen LogP contribution in [0, 0.1) is 0 Å². The lowest BCUT2D eigenvalue weighted by Gasteiger charge is -2.08. The smallest absolute Gasteiger partial charge is 0.482 e. The SMILES string of the molecule is COc1cccc2nc(-c3ccc(OC(F)(F)F)cc3)cn12. The van der Waals surface area contributed by atoms with Crippen molar-refractivity contribution in [3.63, 3.8) is 0 Å². The molecule has 0 unspecified atom stereocenters. The molecule has 0 aliphatic heterocycles. The monoisotopic (exact) mass is 308 g/mol. The predicted molar refractivity (Wildman–Crippen MR) is 73.9 cm³/mol. The molecule has 4 nitrogen and oxygen atoms in total. The van der Waals surface area contributed by atoms with Crippen LogP contribution < -0.4 is 9.47 Å². The van der Waals surface area contributed by atoms with Crippen molar-refractivity contribution in [2.45, 2.75) is 6.36 Å². The Hall–Kier alpha value is -2.70. The summed E-state index contributed by atoms with van der Waals surface area (Å²) in [6, 6.07) is 11.0. The molecule has 2 aromatic heterocycles. The normalized spacial score (nSPS) is 11.6. The Morgan fingerprint density at radius 1 is 1.05 bits per heavy atom. The van der Waals surface area contributed by atoms with Crippen LogP contribution in [0.5, 0.6) is 11.6 Å². The summed E-state index contributed by atoms with van der Waals surface area (Å²) in [5.74, 6) is 0.353. The Morgan fingerprint density at radius 2 is 1.77 bits per heavy atom. The molecule has 0 amide bonds. The second-order valence-electron chi connectivity index (χ2n) is 4.49. The number of hydrogen-bond donors (Lipinski definition) is 0. The minimum Gasteiger partial charge on any atom is -0.482 e. The molecule has 0 aliphatic carbocycles. The third-order valence-electron chi connectivity index (χ3n) is 3.05. The summed E-state index contributed by atoms with van der Waals surface area (Å²) in [5, 5.41) is 0. The number of fused-ring (bicyclic) bond motifs is 1. The number of halogens is 3. The van der Waals surface area contributed by atoms with Crippen LogP contribution in [0.2, 0.25) is 0 Å². The number of ether oxygens (including phenoxy) is 2. The minimum absolute atomic E-state index is 0.266. The Balaban J connectivity index is 1.94. The van der Waals surface area contributed by atoms with Crippen molar-refractivity contribution < 1.29 is 22.6 Å². The van der Waals surface area contributed by atoms with Gasteiger partial charge >= 0.3 is 6.36 Å². The van der Waals surface area contributed by atoms with Crippen molar-refractivity contribution in [3.8, 4) is 22.9 Å². The molecule has 0 N–H and O–H groups in total. The number of alkyl halides is 3. The maximum Gasteiger partial charge on any atom is 0.573 e. The highest BCUT2D eigenvalue weighted by atomic mass is 19.4. The van der Waals surface area contributed by atoms with E-state index in [1.54, 1.807) is 23.8 Å². The summed E-state index contributed by atoms with van der Waals surface area (Å²) in [6.07, 6.45) is -2.94. The van der Waals surface area contributed by atoms with E-state index >= 15 is 0 Å². The second kappa shape index (κ2) is 5.25. The van der Waals surface area contributed by atoms with Gasteiger partial charge in [-0.1, -0.05) is 6.07 Å². The van der Waals surface area contributed by atoms with Crippen LogP contribution in [0.25, 0.3) is 16.9 Å². The van der Waals surface area contributed by atoms with E-state index in [4.69, 9.17) is 4.74 Å². The maximum atomic E-state index is 12.1. The average Bonchev–Trinajstić information content (AvgIpc) is 2.90. The lowest BCUT2D eigenvalue weighted by molar-refractivity contribution is -0.274. The summed E-state index contributed by atoms with van der Waals surface area (Å²) in [7, 11) is 1.55. The van der Waals surface area contributed by atoms with E-state index in [0.29, 0.717) is 22.8 Å². The number of hydrogen-bond acceptors (Lipinski definition) is 3. The summed E-state index contributed by atoms with van der Waals surface area (Å²) in [4.78, 5) is 4.42. The molecule has 0 spiro atoms. The van der Waals surface area contributed by atoms with E-state index in [2.05, 4.69) is 9.72 Å². The first-order chi connectivity index (χ1) is 10.5. The average molecular weight is 308 g/mol. The van der Waals surface area contributed by atoms with E-state index < -0.39 is 6.36 Å². The van der Waals surface area contributed by atoms with E-state index in [-0.39, 0.29) is 5.75 Å². The Morgan fingerprint density at radius 3 is 2.41 bits per heavy atom. The quantitative estimate of drug-likeness (QED) is 0.736. The standard InChI is InChI=1S/C15H11F3N2O2/c1-21-14-4-2-3-13-19-12(9-20(13)14)10-5-7-11(8-6-10)22-15(16,17)18/h2-9H,1H3. The van der Waals surface area contributed by atoms with Crippen molar-refractivity contribution >= 4 is 5.65 Å². The number of methoxy groups -OCH3 is 1. The summed E-state index contributed by atoms with van der Waals surface area (Å²) in [5.41, 5.74) is 1.99. The van der Waals surface area contributed by atoms with Gasteiger partial charge in [-0.05, 0) is 36.4 Å². The molecule has 0 radical (unpaired) electrons. The number of nitrogens with zero attached hydrogens (tertiary/aromatic N) is 2. The van der Waals surface area contributed by atoms with Gasteiger partial charge in [-0.2, -0.15) is 0 Å². The molecule has 0 fully saturated rings. The second-order valence-corrected chi connectivity index (χ2v) is 4.49. The highest BCUT2D eigenvalue weighted by molar-refractivity contribution is 5.64. The molecule has 0 saturated heterocycles. The molecule has 3 rings (SSSR count). The molecule has 0 aliphatic rings. The number of pyridine rings is 1. The topological polar surface area (TPSA) is 35.8 Å². The first-order valence-corrected chi connectivity index (χ1v) is 6.34. The van der Waals surface area contributed by atoms with Gasteiger partial charge in [0.1, 0.15) is 11.4 Å². The molecular weight excluding hydrogens is 297 g/mol. The number of aromatic nitrogens is 2. The van der Waals surface area contributed by atoms with Crippen molar-refractivity contribution in [1.29, 1.82) is 0 Å². The lowest BCUT2D eigenvalue weighted by Crippen LogP contribution is -2.16. The zero-order valence-corrected chi connectivity index (χ0v) is 11.5. The van der Waals surface area contributed by atoms with Gasteiger partial charge in [0, 0.05) is 11.8 Å². The molecule has 22 heavy (non-hydrogen) atoms. The van der Waals surface area contributed by atoms with Gasteiger partial charge in [0.25, 0.3) is 0 Å². The van der Waals surface area contributed by atoms with Crippen molar-refractivity contribution in [2.75, 3.05) is 7.11 Å². The highest BCUT2D eigenvalue weighted by Crippen LogP contribution is 2.27. The van der Waals surface area contributed by atoms with Gasteiger partial charge in [-0.15, -0.1) is 13.2 Å². The molecule has 3 aromatic rings. The van der Waals surface area contributed by atoms with Crippen LogP contribution in [0.15, 0.2) is 48.7 Å². The fraction of sp³-hybridized carbons (Fsp3) is 0.133. The first-order valence-electron chi connectivity index (χ1n) is 6.34. The van der Waals surface area contributed by atoms with E-state index in [1.165, 1.54) is 24.3 Å². The van der Waals surface area contributed by atoms with Crippen LogP contribution in [-0.2, 0) is 0 Å². The van der Waals surface area contributed by atoms with Crippen LogP contribution in [0.4, 0.5) is 13.2 Å². The summed E-state index contributed by atoms with van der Waals surface area (Å²) < 4.78 is 47.2. The molecule has 0 atom stereocenters. The summed E-state index contributed by atoms with van der Waals surface area (Å²) >= 11 is 0. The Kier molecular flexibility index (Phi) is 3.40. The van der Waals surface area contributed by atoms with Crippen LogP contribution in [0.3, 0.4) is 0 Å². The molecule has 0 saturated carbocycles. The number of rotatable bonds is 3. The van der Waals surface area contributed by atoms with Gasteiger partial charge in [-0.25, -0.2) is 4.98 Å². The Bertz CT molecular complexity index is 795. The van der Waals surface area contributed by atoms with Crippen molar-refractivity contribution in [2.24, 2.45) is 0 Å². The van der Waals surface area contributed by atoms with E-state index in [0.717, 1.165) is 0 Å². The molecule has 2 heterocycles. The van der Waals surface area contributed by atoms with Crippen molar-refractivity contribution in [1.82, 2.24) is 9.38 Å². The molecular formula is C15H11F3N2O2. The van der Waals surface area contributed by atoms with Gasteiger partial charge in [0.2, 0.25) is 0 Å². The zero-order valence-electron chi connectivity index (χ0n) is 11.5. The fourth-order valence-corrected chi connectivity index (χ4v) is 2.12. The van der Waals surface area contributed by atoms with Gasteiger partial charge in [-0.3, -0.25) is 4.40 Å². The largest absolute Gasteiger partial charge is 0.573 e. The van der Waals surface area contributed by atoms with Crippen molar-refractivity contribution in [3.05, 3.63) is 48.7 Å². The molecule has 7 heteroatoms. The maximum absolute atomic E-state index is 12.1. The van der Waals surface area contributed by atoms with Crippen LogP contribution >= 0.6 is 0 Å². The number of imidazole rings is 1. The minimum atomic E-state index is -4.70. The van der Waals surface area contributed by atoms with Crippen LogP contribution in [-0.4, -0.2) is 22.9 Å². The molecule has 0 bridgehead atoms. The third kappa shape index (κ3) is 2.83. The summed E-state index contributed by atoms with van der Waals surface area (Å²) in [6.45, 7) is 0. The molecule has 1 aromatic carbocycles. The Labute approximate surface area is 123 Å². The van der Waals surface area contributed by atoms with E-state index in [9.17, 15) is 13.2 Å². The highest BCUT2D eigenvalue weighted by Gasteiger charge is 2.30. The lowest BCUT2D eigenvalue weighted by atomic mass is 10.2. The zero-order chi connectivity index (χ0) is 15.7. The first kappa shape index (κ1) is 14.2. The number of benzene rings is 1. The van der Waals surface area contributed by atoms with E-state index in [1.807, 2.05) is 12.1 Å². The fourth-order valence-electron chi connectivity index (χ4n) is 2.12. The molecule has 114 valence electrons. The predicted octanol–water partition coefficient (Wildman–Crippen LogP) is 3.91.